The first-order valence-electron chi connectivity index (χ1n) is 5.44. The third kappa shape index (κ3) is 2.25. The summed E-state index contributed by atoms with van der Waals surface area (Å²) < 4.78 is 5.17. The van der Waals surface area contributed by atoms with E-state index in [0.29, 0.717) is 11.7 Å². The molecule has 1 aromatic carbocycles. The summed E-state index contributed by atoms with van der Waals surface area (Å²) >= 11 is 1.55. The molecule has 0 fully saturated rings. The van der Waals surface area contributed by atoms with Gasteiger partial charge in [-0.1, -0.05) is 17.3 Å². The highest BCUT2D eigenvalue weighted by Gasteiger charge is 2.11. The van der Waals surface area contributed by atoms with Crippen molar-refractivity contribution in [3.05, 3.63) is 46.7 Å². The van der Waals surface area contributed by atoms with Gasteiger partial charge in [0, 0.05) is 10.9 Å². The number of hydrogen-bond donors (Lipinski definition) is 1. The number of benzene rings is 1. The Morgan fingerprint density at radius 3 is 2.58 bits per heavy atom. The number of nitrogens with zero attached hydrogens (tertiary/aromatic N) is 2. The predicted molar refractivity (Wildman–Crippen MR) is 70.0 cm³/mol. The maximum absolute atomic E-state index is 10.8. The zero-order valence-corrected chi connectivity index (χ0v) is 10.4. The normalized spacial score (nSPS) is 10.5. The molecular formula is C13H8N2O3S. The molecule has 1 N–H and O–H groups in total. The van der Waals surface area contributed by atoms with Crippen LogP contribution in [0.4, 0.5) is 0 Å². The van der Waals surface area contributed by atoms with E-state index < -0.39 is 5.97 Å². The van der Waals surface area contributed by atoms with E-state index in [1.165, 1.54) is 12.1 Å². The van der Waals surface area contributed by atoms with Crippen molar-refractivity contribution in [1.82, 2.24) is 10.1 Å². The maximum Gasteiger partial charge on any atom is 0.335 e. The van der Waals surface area contributed by atoms with Crippen LogP contribution in [0, 0.1) is 0 Å². The number of carbonyl (C=O) groups is 1. The lowest BCUT2D eigenvalue weighted by Crippen LogP contribution is -1.95. The molecule has 0 radical (unpaired) electrons. The molecule has 0 bridgehead atoms. The molecule has 0 aliphatic rings. The van der Waals surface area contributed by atoms with E-state index in [9.17, 15) is 4.79 Å². The van der Waals surface area contributed by atoms with Crippen LogP contribution in [-0.2, 0) is 0 Å². The fraction of sp³-hybridized carbons (Fsp3) is 0. The molecular weight excluding hydrogens is 264 g/mol. The van der Waals surface area contributed by atoms with Crippen LogP contribution in [0.3, 0.4) is 0 Å². The Morgan fingerprint density at radius 1 is 1.16 bits per heavy atom. The summed E-state index contributed by atoms with van der Waals surface area (Å²) in [7, 11) is 0. The lowest BCUT2D eigenvalue weighted by molar-refractivity contribution is 0.0697. The lowest BCUT2D eigenvalue weighted by Gasteiger charge is -1.95. The number of rotatable bonds is 3. The molecule has 0 saturated carbocycles. The number of hydrogen-bond acceptors (Lipinski definition) is 5. The molecule has 2 aromatic heterocycles. The summed E-state index contributed by atoms with van der Waals surface area (Å²) in [4.78, 5) is 15.0. The van der Waals surface area contributed by atoms with Crippen molar-refractivity contribution >= 4 is 17.3 Å². The zero-order chi connectivity index (χ0) is 13.2. The smallest absolute Gasteiger partial charge is 0.335 e. The second kappa shape index (κ2) is 4.66. The van der Waals surface area contributed by atoms with Gasteiger partial charge < -0.3 is 9.63 Å². The largest absolute Gasteiger partial charge is 0.478 e. The van der Waals surface area contributed by atoms with Crippen molar-refractivity contribution in [2.45, 2.75) is 0 Å². The summed E-state index contributed by atoms with van der Waals surface area (Å²) in [5.41, 5.74) is 1.83. The molecule has 0 saturated heterocycles. The van der Waals surface area contributed by atoms with Crippen LogP contribution >= 0.6 is 11.3 Å². The standard InChI is InChI=1S/C13H8N2O3S/c16-13(17)9-3-1-8(2-4-9)11-14-12(18-15-11)10-5-6-19-7-10/h1-7H,(H,16,17). The Balaban J connectivity index is 1.92. The molecule has 2 heterocycles. The fourth-order valence-corrected chi connectivity index (χ4v) is 2.24. The molecule has 3 rings (SSSR count). The minimum atomic E-state index is -0.960. The average molecular weight is 272 g/mol. The minimum Gasteiger partial charge on any atom is -0.478 e. The topological polar surface area (TPSA) is 76.2 Å². The molecule has 5 nitrogen and oxygen atoms in total. The van der Waals surface area contributed by atoms with Crippen molar-refractivity contribution in [3.8, 4) is 22.8 Å². The highest BCUT2D eigenvalue weighted by atomic mass is 32.1. The average Bonchev–Trinajstić information content (AvgIpc) is 3.10. The third-order valence-electron chi connectivity index (χ3n) is 2.58. The van der Waals surface area contributed by atoms with Crippen LogP contribution in [0.15, 0.2) is 45.6 Å². The summed E-state index contributed by atoms with van der Waals surface area (Å²) in [6.07, 6.45) is 0. The Hall–Kier alpha value is -2.47. The summed E-state index contributed by atoms with van der Waals surface area (Å²) in [6.45, 7) is 0. The van der Waals surface area contributed by atoms with Crippen LogP contribution in [0.25, 0.3) is 22.8 Å². The van der Waals surface area contributed by atoms with Gasteiger partial charge in [0.05, 0.1) is 11.1 Å². The Kier molecular flexibility index (Phi) is 2.85. The molecule has 3 aromatic rings. The Labute approximate surface area is 112 Å². The summed E-state index contributed by atoms with van der Waals surface area (Å²) in [6, 6.07) is 8.24. The Morgan fingerprint density at radius 2 is 1.95 bits per heavy atom. The van der Waals surface area contributed by atoms with Crippen LogP contribution in [0.2, 0.25) is 0 Å². The van der Waals surface area contributed by atoms with Gasteiger partial charge in [0.2, 0.25) is 5.82 Å². The van der Waals surface area contributed by atoms with Crippen molar-refractivity contribution in [2.24, 2.45) is 0 Å². The molecule has 0 aliphatic carbocycles. The first-order chi connectivity index (χ1) is 9.24. The second-order valence-corrected chi connectivity index (χ2v) is 4.60. The molecule has 6 heteroatoms. The first-order valence-corrected chi connectivity index (χ1v) is 6.38. The van der Waals surface area contributed by atoms with E-state index in [2.05, 4.69) is 10.1 Å². The van der Waals surface area contributed by atoms with Gasteiger partial charge in [-0.25, -0.2) is 4.79 Å². The molecule has 0 spiro atoms. The van der Waals surface area contributed by atoms with Crippen molar-refractivity contribution in [1.29, 1.82) is 0 Å². The van der Waals surface area contributed by atoms with Crippen LogP contribution in [-0.4, -0.2) is 21.2 Å². The molecule has 0 aliphatic heterocycles. The van der Waals surface area contributed by atoms with Gasteiger partial charge in [0.1, 0.15) is 0 Å². The number of carboxylic acid groups (broad SMARTS) is 1. The van der Waals surface area contributed by atoms with E-state index >= 15 is 0 Å². The van der Waals surface area contributed by atoms with E-state index in [4.69, 9.17) is 9.63 Å². The third-order valence-corrected chi connectivity index (χ3v) is 3.27. The number of thiophene rings is 1. The van der Waals surface area contributed by atoms with Crippen LogP contribution in [0.5, 0.6) is 0 Å². The van der Waals surface area contributed by atoms with Gasteiger partial charge in [-0.3, -0.25) is 0 Å². The second-order valence-electron chi connectivity index (χ2n) is 3.82. The van der Waals surface area contributed by atoms with Crippen molar-refractivity contribution < 1.29 is 14.4 Å². The number of carboxylic acids is 1. The highest BCUT2D eigenvalue weighted by Crippen LogP contribution is 2.23. The Bertz CT molecular complexity index is 702. The predicted octanol–water partition coefficient (Wildman–Crippen LogP) is 3.16. The van der Waals surface area contributed by atoms with Crippen LogP contribution in [0.1, 0.15) is 10.4 Å². The van der Waals surface area contributed by atoms with Gasteiger partial charge in [-0.2, -0.15) is 16.3 Å². The number of aromatic nitrogens is 2. The number of aromatic carboxylic acids is 1. The van der Waals surface area contributed by atoms with Crippen LogP contribution < -0.4 is 0 Å². The lowest BCUT2D eigenvalue weighted by atomic mass is 10.1. The van der Waals surface area contributed by atoms with E-state index in [1.807, 2.05) is 16.8 Å². The zero-order valence-electron chi connectivity index (χ0n) is 9.61. The highest BCUT2D eigenvalue weighted by molar-refractivity contribution is 7.08. The van der Waals surface area contributed by atoms with Crippen molar-refractivity contribution in [3.63, 3.8) is 0 Å². The van der Waals surface area contributed by atoms with Gasteiger partial charge in [-0.15, -0.1) is 0 Å². The molecule has 0 unspecified atom stereocenters. The monoisotopic (exact) mass is 272 g/mol. The molecule has 19 heavy (non-hydrogen) atoms. The molecule has 94 valence electrons. The minimum absolute atomic E-state index is 0.227. The van der Waals surface area contributed by atoms with Gasteiger partial charge >= 0.3 is 5.97 Å². The van der Waals surface area contributed by atoms with Gasteiger partial charge in [-0.05, 0) is 23.6 Å². The summed E-state index contributed by atoms with van der Waals surface area (Å²) in [5.74, 6) is -0.0599. The first kappa shape index (κ1) is 11.6. The van der Waals surface area contributed by atoms with Gasteiger partial charge in [0.25, 0.3) is 5.89 Å². The maximum atomic E-state index is 10.8. The summed E-state index contributed by atoms with van der Waals surface area (Å²) in [5, 5.41) is 16.6. The van der Waals surface area contributed by atoms with Crippen molar-refractivity contribution in [2.75, 3.05) is 0 Å². The van der Waals surface area contributed by atoms with E-state index in [0.717, 1.165) is 11.1 Å². The van der Waals surface area contributed by atoms with E-state index in [-0.39, 0.29) is 5.56 Å². The fourth-order valence-electron chi connectivity index (χ4n) is 1.61. The molecule has 0 atom stereocenters. The quantitative estimate of drug-likeness (QED) is 0.792. The van der Waals surface area contributed by atoms with Gasteiger partial charge in [0.15, 0.2) is 0 Å². The SMILES string of the molecule is O=C(O)c1ccc(-c2noc(-c3ccsc3)n2)cc1. The van der Waals surface area contributed by atoms with E-state index in [1.54, 1.807) is 23.5 Å². The molecule has 0 amide bonds.